The summed E-state index contributed by atoms with van der Waals surface area (Å²) in [5.74, 6) is 0.589. The van der Waals surface area contributed by atoms with Crippen LogP contribution in [0.25, 0.3) is 17.1 Å². The second kappa shape index (κ2) is 13.2. The molecule has 0 aliphatic carbocycles. The Morgan fingerprint density at radius 2 is 1.69 bits per heavy atom. The van der Waals surface area contributed by atoms with Crippen LogP contribution < -0.4 is 4.90 Å². The topological polar surface area (TPSA) is 97.2 Å². The van der Waals surface area contributed by atoms with Crippen molar-refractivity contribution in [2.45, 2.75) is 64.8 Å². The number of carbonyl (C=O) groups excluding carboxylic acids is 1. The Balaban J connectivity index is 1.47. The van der Waals surface area contributed by atoms with E-state index in [4.69, 9.17) is 23.7 Å². The SMILES string of the molecule is CCCO[C@@H]1[C@@H](OC)[C@H](C)O[C@@H](OC(=O)N(CC)c2ccc(-c3ncn(-c4ccc(C)cc4)n3)cc2)[C@@H]1OC. The summed E-state index contributed by atoms with van der Waals surface area (Å²) in [4.78, 5) is 19.3. The van der Waals surface area contributed by atoms with E-state index in [1.807, 2.05) is 76.2 Å². The average Bonchev–Trinajstić information content (AvgIpc) is 3.43. The van der Waals surface area contributed by atoms with E-state index in [1.54, 1.807) is 25.2 Å². The number of aryl methyl sites for hydroxylation is 1. The van der Waals surface area contributed by atoms with Gasteiger partial charge in [-0.2, -0.15) is 0 Å². The lowest BCUT2D eigenvalue weighted by Crippen LogP contribution is -2.60. The number of hydrogen-bond donors (Lipinski definition) is 0. The highest BCUT2D eigenvalue weighted by Gasteiger charge is 2.48. The van der Waals surface area contributed by atoms with Gasteiger partial charge in [0.05, 0.1) is 11.8 Å². The molecule has 1 aliphatic heterocycles. The van der Waals surface area contributed by atoms with Crippen molar-refractivity contribution in [1.29, 1.82) is 0 Å². The van der Waals surface area contributed by atoms with Crippen LogP contribution in [-0.2, 0) is 23.7 Å². The highest BCUT2D eigenvalue weighted by atomic mass is 16.7. The first kappa shape index (κ1) is 28.7. The minimum atomic E-state index is -0.950. The number of amides is 1. The normalized spacial score (nSPS) is 23.0. The molecule has 1 fully saturated rings. The standard InChI is InChI=1S/C29H38N4O6/c1-7-17-37-25-24(35-5)20(4)38-28(26(25)36-6)39-29(34)32(8-2)22-15-11-21(12-16-22)27-30-18-33(31-27)23-13-9-19(3)10-14-23/h9-16,18,20,24-26,28H,7-8,17H2,1-6H3/t20-,24-,25+,26+,28-/m0/s1. The molecular weight excluding hydrogens is 500 g/mol. The molecule has 0 unspecified atom stereocenters. The molecule has 3 aromatic rings. The molecular formula is C29H38N4O6. The van der Waals surface area contributed by atoms with Crippen LogP contribution in [0.3, 0.4) is 0 Å². The molecule has 2 heterocycles. The number of anilines is 1. The van der Waals surface area contributed by atoms with Crippen molar-refractivity contribution in [3.05, 3.63) is 60.4 Å². The highest BCUT2D eigenvalue weighted by Crippen LogP contribution is 2.29. The first-order chi connectivity index (χ1) is 18.9. The molecule has 0 radical (unpaired) electrons. The third kappa shape index (κ3) is 6.47. The molecule has 4 rings (SSSR count). The quantitative estimate of drug-likeness (QED) is 0.364. The lowest BCUT2D eigenvalue weighted by molar-refractivity contribution is -0.293. The number of carbonyl (C=O) groups is 1. The minimum absolute atomic E-state index is 0.352. The molecule has 1 aliphatic rings. The van der Waals surface area contributed by atoms with E-state index < -0.39 is 24.6 Å². The van der Waals surface area contributed by atoms with Crippen molar-refractivity contribution in [3.63, 3.8) is 0 Å². The summed E-state index contributed by atoms with van der Waals surface area (Å²) in [5.41, 5.74) is 3.62. The van der Waals surface area contributed by atoms with Crippen molar-refractivity contribution >= 4 is 11.8 Å². The van der Waals surface area contributed by atoms with E-state index in [-0.39, 0.29) is 12.2 Å². The molecule has 0 spiro atoms. The Bertz CT molecular complexity index is 1200. The van der Waals surface area contributed by atoms with Gasteiger partial charge in [-0.15, -0.1) is 5.10 Å². The lowest BCUT2D eigenvalue weighted by Gasteiger charge is -2.44. The summed E-state index contributed by atoms with van der Waals surface area (Å²) in [7, 11) is 3.15. The van der Waals surface area contributed by atoms with Crippen LogP contribution in [0.4, 0.5) is 10.5 Å². The zero-order valence-electron chi connectivity index (χ0n) is 23.4. The molecule has 210 valence electrons. The number of nitrogens with zero attached hydrogens (tertiary/aromatic N) is 4. The van der Waals surface area contributed by atoms with Crippen molar-refractivity contribution in [2.75, 3.05) is 32.3 Å². The molecule has 10 nitrogen and oxygen atoms in total. The minimum Gasteiger partial charge on any atom is -0.416 e. The maximum atomic E-state index is 13.3. The third-order valence-corrected chi connectivity index (χ3v) is 6.77. The smallest absolute Gasteiger partial charge is 0.416 e. The molecule has 39 heavy (non-hydrogen) atoms. The van der Waals surface area contributed by atoms with Gasteiger partial charge in [0.2, 0.25) is 6.29 Å². The van der Waals surface area contributed by atoms with E-state index in [1.165, 1.54) is 10.5 Å². The van der Waals surface area contributed by atoms with E-state index >= 15 is 0 Å². The Hall–Kier alpha value is -3.31. The molecule has 1 amide bonds. The van der Waals surface area contributed by atoms with Crippen molar-refractivity contribution in [3.8, 4) is 17.1 Å². The molecule has 1 saturated heterocycles. The van der Waals surface area contributed by atoms with Gasteiger partial charge >= 0.3 is 6.09 Å². The van der Waals surface area contributed by atoms with Gasteiger partial charge in [-0.3, -0.25) is 4.90 Å². The summed E-state index contributed by atoms with van der Waals surface area (Å²) in [6, 6.07) is 15.5. The summed E-state index contributed by atoms with van der Waals surface area (Å²) >= 11 is 0. The number of rotatable bonds is 10. The predicted molar refractivity (Wildman–Crippen MR) is 147 cm³/mol. The van der Waals surface area contributed by atoms with Gasteiger partial charge in [0.1, 0.15) is 24.6 Å². The van der Waals surface area contributed by atoms with Gasteiger partial charge in [-0.25, -0.2) is 14.5 Å². The highest BCUT2D eigenvalue weighted by molar-refractivity contribution is 5.88. The zero-order chi connectivity index (χ0) is 27.9. The molecule has 1 aromatic heterocycles. The van der Waals surface area contributed by atoms with Gasteiger partial charge in [0.15, 0.2) is 5.82 Å². The maximum Gasteiger partial charge on any atom is 0.416 e. The molecule has 0 bridgehead atoms. The summed E-state index contributed by atoms with van der Waals surface area (Å²) in [6.07, 6.45) is -0.764. The van der Waals surface area contributed by atoms with E-state index in [2.05, 4.69) is 10.1 Å². The number of aromatic nitrogens is 3. The number of hydrogen-bond acceptors (Lipinski definition) is 8. The Kier molecular flexibility index (Phi) is 9.68. The molecule has 5 atom stereocenters. The van der Waals surface area contributed by atoms with Crippen molar-refractivity contribution in [1.82, 2.24) is 14.8 Å². The predicted octanol–water partition coefficient (Wildman–Crippen LogP) is 4.78. The zero-order valence-corrected chi connectivity index (χ0v) is 23.4. The van der Waals surface area contributed by atoms with Crippen LogP contribution in [0.15, 0.2) is 54.9 Å². The first-order valence-corrected chi connectivity index (χ1v) is 13.3. The Labute approximate surface area is 229 Å². The number of ether oxygens (including phenoxy) is 5. The fourth-order valence-electron chi connectivity index (χ4n) is 4.67. The van der Waals surface area contributed by atoms with Crippen molar-refractivity contribution in [2.24, 2.45) is 0 Å². The third-order valence-electron chi connectivity index (χ3n) is 6.77. The summed E-state index contributed by atoms with van der Waals surface area (Å²) in [6.45, 7) is 8.75. The number of benzene rings is 2. The van der Waals surface area contributed by atoms with Crippen LogP contribution >= 0.6 is 0 Å². The Morgan fingerprint density at radius 3 is 2.31 bits per heavy atom. The largest absolute Gasteiger partial charge is 0.416 e. The van der Waals surface area contributed by atoms with Crippen LogP contribution in [0, 0.1) is 6.92 Å². The fourth-order valence-corrected chi connectivity index (χ4v) is 4.67. The van der Waals surface area contributed by atoms with Gasteiger partial charge < -0.3 is 23.7 Å². The molecule has 0 saturated carbocycles. The van der Waals surface area contributed by atoms with Crippen LogP contribution in [0.2, 0.25) is 0 Å². The second-order valence-corrected chi connectivity index (χ2v) is 9.47. The van der Waals surface area contributed by atoms with E-state index in [0.29, 0.717) is 24.7 Å². The maximum absolute atomic E-state index is 13.3. The summed E-state index contributed by atoms with van der Waals surface area (Å²) in [5, 5.41) is 4.60. The van der Waals surface area contributed by atoms with E-state index in [9.17, 15) is 4.79 Å². The van der Waals surface area contributed by atoms with Crippen LogP contribution in [0.5, 0.6) is 0 Å². The fraction of sp³-hybridized carbons (Fsp3) is 0.483. The Morgan fingerprint density at radius 1 is 1.00 bits per heavy atom. The van der Waals surface area contributed by atoms with Crippen LogP contribution in [0.1, 0.15) is 32.8 Å². The average molecular weight is 539 g/mol. The molecule has 2 aromatic carbocycles. The first-order valence-electron chi connectivity index (χ1n) is 13.3. The van der Waals surface area contributed by atoms with Gasteiger partial charge in [0.25, 0.3) is 0 Å². The second-order valence-electron chi connectivity index (χ2n) is 9.47. The van der Waals surface area contributed by atoms with Crippen molar-refractivity contribution < 1.29 is 28.5 Å². The molecule has 10 heteroatoms. The van der Waals surface area contributed by atoms with Gasteiger partial charge in [0, 0.05) is 38.6 Å². The summed E-state index contributed by atoms with van der Waals surface area (Å²) < 4.78 is 30.9. The number of methoxy groups -OCH3 is 2. The van der Waals surface area contributed by atoms with Gasteiger partial charge in [-0.05, 0) is 63.6 Å². The molecule has 0 N–H and O–H groups in total. The van der Waals surface area contributed by atoms with Gasteiger partial charge in [-0.1, -0.05) is 24.6 Å². The monoisotopic (exact) mass is 538 g/mol. The lowest BCUT2D eigenvalue weighted by atomic mass is 9.99. The van der Waals surface area contributed by atoms with E-state index in [0.717, 1.165) is 17.7 Å². The van der Waals surface area contributed by atoms with Crippen LogP contribution in [-0.4, -0.2) is 78.9 Å².